The summed E-state index contributed by atoms with van der Waals surface area (Å²) < 4.78 is 0. The summed E-state index contributed by atoms with van der Waals surface area (Å²) in [4.78, 5) is 0. The van der Waals surface area contributed by atoms with Gasteiger partial charge in [0.2, 0.25) is 0 Å². The minimum absolute atomic E-state index is 0.266. The quantitative estimate of drug-likeness (QED) is 0.600. The van der Waals surface area contributed by atoms with Gasteiger partial charge in [0.1, 0.15) is 0 Å². The standard InChI is InChI=1S/C8H10Si3/c1-7-3-5-8(6-4-7)10-11(2)9/h3-6H,1-2H3. The van der Waals surface area contributed by atoms with E-state index in [4.69, 9.17) is 0 Å². The average Bonchev–Trinajstić information content (AvgIpc) is 1.93. The predicted octanol–water partition coefficient (Wildman–Crippen LogP) is 0.611. The van der Waals surface area contributed by atoms with E-state index in [1.807, 2.05) is 0 Å². The van der Waals surface area contributed by atoms with Gasteiger partial charge in [-0.2, -0.15) is 0 Å². The third kappa shape index (κ3) is 3.18. The van der Waals surface area contributed by atoms with E-state index < -0.39 is 0 Å². The summed E-state index contributed by atoms with van der Waals surface area (Å²) in [5, 5.41) is 1.47. The Labute approximate surface area is 75.5 Å². The van der Waals surface area contributed by atoms with Gasteiger partial charge in [-0.05, 0) is 6.92 Å². The van der Waals surface area contributed by atoms with Gasteiger partial charge in [-0.25, -0.2) is 0 Å². The van der Waals surface area contributed by atoms with Gasteiger partial charge in [0.15, 0.2) is 0 Å². The highest BCUT2D eigenvalue weighted by Crippen LogP contribution is 1.92. The zero-order valence-electron chi connectivity index (χ0n) is 6.81. The zero-order valence-corrected chi connectivity index (χ0v) is 9.81. The van der Waals surface area contributed by atoms with Crippen LogP contribution in [0.4, 0.5) is 0 Å². The van der Waals surface area contributed by atoms with E-state index in [9.17, 15) is 0 Å². The molecule has 0 aliphatic heterocycles. The molecule has 0 atom stereocenters. The highest BCUT2D eigenvalue weighted by atomic mass is 29.5. The molecule has 1 aromatic carbocycles. The van der Waals surface area contributed by atoms with Crippen LogP contribution in [0.25, 0.3) is 0 Å². The van der Waals surface area contributed by atoms with Gasteiger partial charge in [-0.15, -0.1) is 0 Å². The van der Waals surface area contributed by atoms with Crippen molar-refractivity contribution in [1.82, 2.24) is 0 Å². The van der Waals surface area contributed by atoms with E-state index in [-0.39, 0.29) is 7.83 Å². The Balaban J connectivity index is 2.66. The maximum Gasteiger partial charge on any atom is 0.0639 e. The van der Waals surface area contributed by atoms with E-state index in [0.29, 0.717) is 0 Å². The Morgan fingerprint density at radius 1 is 1.27 bits per heavy atom. The van der Waals surface area contributed by atoms with Crippen LogP contribution in [-0.4, -0.2) is 26.6 Å². The van der Waals surface area contributed by atoms with Crippen molar-refractivity contribution in [2.24, 2.45) is 0 Å². The van der Waals surface area contributed by atoms with Crippen LogP contribution in [0.1, 0.15) is 5.56 Å². The minimum atomic E-state index is -0.266. The molecular formula is C8H10Si3. The SMILES string of the molecule is Cc1ccc([Si][Si](C)[Si])cc1. The van der Waals surface area contributed by atoms with E-state index in [1.54, 1.807) is 0 Å². The number of hydrogen-bond acceptors (Lipinski definition) is 0. The Morgan fingerprint density at radius 2 is 1.82 bits per heavy atom. The van der Waals surface area contributed by atoms with Gasteiger partial charge < -0.3 is 0 Å². The summed E-state index contributed by atoms with van der Waals surface area (Å²) in [6.07, 6.45) is 0. The average molecular weight is 190 g/mol. The van der Waals surface area contributed by atoms with E-state index in [1.165, 1.54) is 10.8 Å². The first kappa shape index (κ1) is 8.96. The number of hydrogen-bond donors (Lipinski definition) is 0. The van der Waals surface area contributed by atoms with Crippen LogP contribution in [0.2, 0.25) is 6.55 Å². The number of aryl methyl sites for hydroxylation is 1. The van der Waals surface area contributed by atoms with Gasteiger partial charge in [0, 0.05) is 17.6 Å². The fourth-order valence-corrected chi connectivity index (χ4v) is 4.72. The number of rotatable bonds is 2. The van der Waals surface area contributed by atoms with Crippen LogP contribution >= 0.6 is 0 Å². The normalized spacial score (nSPS) is 10.5. The predicted molar refractivity (Wildman–Crippen MR) is 53.9 cm³/mol. The Hall–Kier alpha value is -0.129. The largest absolute Gasteiger partial charge is 0.0758 e. The third-order valence-electron chi connectivity index (χ3n) is 1.38. The van der Waals surface area contributed by atoms with E-state index in [0.717, 1.165) is 9.04 Å². The van der Waals surface area contributed by atoms with Crippen LogP contribution < -0.4 is 5.19 Å². The van der Waals surface area contributed by atoms with Gasteiger partial charge in [0.05, 0.1) is 9.04 Å². The molecular weight excluding hydrogens is 180 g/mol. The van der Waals surface area contributed by atoms with Crippen molar-refractivity contribution in [1.29, 1.82) is 0 Å². The molecule has 0 nitrogen and oxygen atoms in total. The van der Waals surface area contributed by atoms with Crippen molar-refractivity contribution in [3.05, 3.63) is 29.8 Å². The van der Waals surface area contributed by atoms with E-state index in [2.05, 4.69) is 47.5 Å². The lowest BCUT2D eigenvalue weighted by Crippen LogP contribution is -2.29. The second-order valence-corrected chi connectivity index (χ2v) is 11.4. The monoisotopic (exact) mass is 190 g/mol. The molecule has 0 saturated heterocycles. The molecule has 0 heterocycles. The van der Waals surface area contributed by atoms with Gasteiger partial charge in [-0.3, -0.25) is 0 Å². The molecule has 0 spiro atoms. The van der Waals surface area contributed by atoms with Gasteiger partial charge >= 0.3 is 0 Å². The van der Waals surface area contributed by atoms with Crippen LogP contribution in [-0.2, 0) is 0 Å². The van der Waals surface area contributed by atoms with Gasteiger partial charge in [0.25, 0.3) is 0 Å². The zero-order chi connectivity index (χ0) is 8.27. The number of benzene rings is 1. The van der Waals surface area contributed by atoms with Crippen molar-refractivity contribution in [2.75, 3.05) is 0 Å². The minimum Gasteiger partial charge on any atom is -0.0758 e. The molecule has 3 heteroatoms. The molecule has 0 amide bonds. The second kappa shape index (κ2) is 4.04. The molecule has 0 aliphatic carbocycles. The summed E-state index contributed by atoms with van der Waals surface area (Å²) in [6, 6.07) is 8.81. The molecule has 0 aliphatic rings. The maximum atomic E-state index is 3.69. The molecule has 54 valence electrons. The third-order valence-corrected chi connectivity index (χ3v) is 5.50. The lowest BCUT2D eigenvalue weighted by molar-refractivity contribution is 1.49. The molecule has 0 N–H and O–H groups in total. The first-order valence-electron chi connectivity index (χ1n) is 3.57. The molecule has 0 fully saturated rings. The second-order valence-electron chi connectivity index (χ2n) is 2.62. The van der Waals surface area contributed by atoms with Crippen molar-refractivity contribution >= 4 is 31.8 Å². The first-order valence-corrected chi connectivity index (χ1v) is 9.07. The van der Waals surface area contributed by atoms with E-state index >= 15 is 0 Å². The van der Waals surface area contributed by atoms with Crippen molar-refractivity contribution < 1.29 is 0 Å². The van der Waals surface area contributed by atoms with Crippen LogP contribution in [0, 0.1) is 6.92 Å². The molecule has 1 aromatic rings. The molecule has 1 rings (SSSR count). The Morgan fingerprint density at radius 3 is 2.27 bits per heavy atom. The molecule has 0 unspecified atom stereocenters. The summed E-state index contributed by atoms with van der Waals surface area (Å²) in [6.45, 7) is 4.40. The Bertz CT molecular complexity index is 215. The van der Waals surface area contributed by atoms with Crippen molar-refractivity contribution in [3.8, 4) is 0 Å². The fourth-order valence-electron chi connectivity index (χ4n) is 0.853. The molecule has 6 radical (unpaired) electrons. The highest BCUT2D eigenvalue weighted by Gasteiger charge is 1.98. The fraction of sp³-hybridized carbons (Fsp3) is 0.250. The van der Waals surface area contributed by atoms with Crippen LogP contribution in [0.15, 0.2) is 24.3 Å². The molecule has 0 aromatic heterocycles. The van der Waals surface area contributed by atoms with Crippen molar-refractivity contribution in [3.63, 3.8) is 0 Å². The molecule has 0 bridgehead atoms. The summed E-state index contributed by atoms with van der Waals surface area (Å²) in [5.74, 6) is 0. The lowest BCUT2D eigenvalue weighted by Gasteiger charge is -2.01. The van der Waals surface area contributed by atoms with Gasteiger partial charge in [-0.1, -0.05) is 41.6 Å². The summed E-state index contributed by atoms with van der Waals surface area (Å²) >= 11 is 0. The topological polar surface area (TPSA) is 0 Å². The lowest BCUT2D eigenvalue weighted by atomic mass is 10.2. The Kier molecular flexibility index (Phi) is 3.29. The maximum absolute atomic E-state index is 3.69. The highest BCUT2D eigenvalue weighted by molar-refractivity contribution is 7.37. The van der Waals surface area contributed by atoms with Crippen molar-refractivity contribution in [2.45, 2.75) is 13.5 Å². The summed E-state index contributed by atoms with van der Waals surface area (Å²) in [7, 11) is 4.40. The smallest absolute Gasteiger partial charge is 0.0639 e. The van der Waals surface area contributed by atoms with Crippen LogP contribution in [0.5, 0.6) is 0 Å². The molecule has 0 saturated carbocycles. The summed E-state index contributed by atoms with van der Waals surface area (Å²) in [5.41, 5.74) is 1.34. The van der Waals surface area contributed by atoms with Crippen LogP contribution in [0.3, 0.4) is 0 Å². The molecule has 11 heavy (non-hydrogen) atoms. The first-order chi connectivity index (χ1) is 5.18.